The van der Waals surface area contributed by atoms with Gasteiger partial charge in [-0.1, -0.05) is 0 Å². The maximum Gasteiger partial charge on any atom is 0.303 e. The second-order valence-electron chi connectivity index (χ2n) is 7.42. The van der Waals surface area contributed by atoms with E-state index in [4.69, 9.17) is 5.11 Å². The summed E-state index contributed by atoms with van der Waals surface area (Å²) in [7, 11) is 1.85. The summed E-state index contributed by atoms with van der Waals surface area (Å²) >= 11 is 0. The van der Waals surface area contributed by atoms with Gasteiger partial charge in [0.15, 0.2) is 0 Å². The molecule has 4 rings (SSSR count). The Labute approximate surface area is 120 Å². The number of carboxylic acid groups (broad SMARTS) is 1. The topological polar surface area (TPSA) is 57.6 Å². The Morgan fingerprint density at radius 2 is 1.60 bits per heavy atom. The Morgan fingerprint density at radius 1 is 1.10 bits per heavy atom. The second kappa shape index (κ2) is 5.05. The number of hydrogen-bond acceptors (Lipinski definition) is 2. The van der Waals surface area contributed by atoms with E-state index >= 15 is 0 Å². The van der Waals surface area contributed by atoms with Gasteiger partial charge in [-0.2, -0.15) is 0 Å². The number of rotatable bonds is 5. The average molecular weight is 279 g/mol. The van der Waals surface area contributed by atoms with Crippen molar-refractivity contribution in [2.24, 2.45) is 23.2 Å². The first kappa shape index (κ1) is 13.9. The molecule has 0 spiro atoms. The molecule has 4 bridgehead atoms. The lowest BCUT2D eigenvalue weighted by Crippen LogP contribution is -2.54. The highest BCUT2D eigenvalue weighted by molar-refractivity contribution is 5.83. The largest absolute Gasteiger partial charge is 0.481 e. The van der Waals surface area contributed by atoms with Gasteiger partial charge >= 0.3 is 5.97 Å². The molecule has 112 valence electrons. The van der Waals surface area contributed by atoms with Gasteiger partial charge in [0, 0.05) is 20.0 Å². The van der Waals surface area contributed by atoms with Crippen LogP contribution in [-0.2, 0) is 9.59 Å². The third-order valence-electron chi connectivity index (χ3n) is 5.72. The summed E-state index contributed by atoms with van der Waals surface area (Å²) < 4.78 is 0. The van der Waals surface area contributed by atoms with Crippen molar-refractivity contribution in [2.45, 2.75) is 51.4 Å². The van der Waals surface area contributed by atoms with E-state index in [0.29, 0.717) is 18.9 Å². The van der Waals surface area contributed by atoms with E-state index in [-0.39, 0.29) is 11.8 Å². The molecule has 1 N–H and O–H groups in total. The Bertz CT molecular complexity index is 383. The Kier molecular flexibility index (Phi) is 3.51. The normalized spacial score (nSPS) is 38.0. The summed E-state index contributed by atoms with van der Waals surface area (Å²) in [5.74, 6) is 1.84. The Morgan fingerprint density at radius 3 is 2.05 bits per heavy atom. The first-order valence-electron chi connectivity index (χ1n) is 7.96. The third-order valence-corrected chi connectivity index (χ3v) is 5.72. The van der Waals surface area contributed by atoms with Gasteiger partial charge in [-0.15, -0.1) is 0 Å². The minimum absolute atomic E-state index is 0.0906. The zero-order valence-corrected chi connectivity index (χ0v) is 12.3. The van der Waals surface area contributed by atoms with Crippen molar-refractivity contribution in [2.75, 3.05) is 13.6 Å². The van der Waals surface area contributed by atoms with Crippen molar-refractivity contribution in [1.82, 2.24) is 4.90 Å². The number of nitrogens with zero attached hydrogens (tertiary/aromatic N) is 1. The van der Waals surface area contributed by atoms with Gasteiger partial charge < -0.3 is 10.0 Å². The molecule has 0 aromatic carbocycles. The number of hydrogen-bond donors (Lipinski definition) is 1. The van der Waals surface area contributed by atoms with E-state index < -0.39 is 5.97 Å². The van der Waals surface area contributed by atoms with Crippen LogP contribution in [0.25, 0.3) is 0 Å². The molecule has 0 heterocycles. The van der Waals surface area contributed by atoms with Crippen molar-refractivity contribution in [3.8, 4) is 0 Å². The molecule has 0 aromatic heterocycles. The van der Waals surface area contributed by atoms with Gasteiger partial charge in [-0.25, -0.2) is 0 Å². The highest BCUT2D eigenvalue weighted by Gasteiger charge is 2.55. The van der Waals surface area contributed by atoms with Crippen molar-refractivity contribution >= 4 is 11.9 Å². The second-order valence-corrected chi connectivity index (χ2v) is 7.42. The van der Waals surface area contributed by atoms with Crippen LogP contribution in [0.4, 0.5) is 0 Å². The van der Waals surface area contributed by atoms with Crippen LogP contribution >= 0.6 is 0 Å². The minimum Gasteiger partial charge on any atom is -0.481 e. The van der Waals surface area contributed by atoms with Gasteiger partial charge in [0.05, 0.1) is 5.41 Å². The van der Waals surface area contributed by atoms with Gasteiger partial charge in [0.2, 0.25) is 5.91 Å². The summed E-state index contributed by atoms with van der Waals surface area (Å²) in [6.45, 7) is 0.576. The van der Waals surface area contributed by atoms with Gasteiger partial charge in [0.25, 0.3) is 0 Å². The van der Waals surface area contributed by atoms with Crippen LogP contribution in [0.1, 0.15) is 51.4 Å². The Hall–Kier alpha value is -1.06. The minimum atomic E-state index is -0.777. The van der Waals surface area contributed by atoms with Crippen LogP contribution in [0, 0.1) is 23.2 Å². The van der Waals surface area contributed by atoms with Crippen molar-refractivity contribution < 1.29 is 14.7 Å². The molecule has 4 aliphatic carbocycles. The average Bonchev–Trinajstić information content (AvgIpc) is 2.35. The maximum absolute atomic E-state index is 12.9. The molecule has 4 saturated carbocycles. The van der Waals surface area contributed by atoms with Gasteiger partial charge in [-0.3, -0.25) is 9.59 Å². The zero-order valence-electron chi connectivity index (χ0n) is 12.3. The van der Waals surface area contributed by atoms with E-state index in [1.807, 2.05) is 7.05 Å². The molecular weight excluding hydrogens is 254 g/mol. The molecule has 4 aliphatic rings. The molecule has 0 aliphatic heterocycles. The molecule has 4 heteroatoms. The zero-order chi connectivity index (χ0) is 14.3. The SMILES string of the molecule is CN(CCCC(=O)O)C(=O)C12CC3CC(CC(C3)C1)C2. The first-order valence-corrected chi connectivity index (χ1v) is 7.96. The summed E-state index contributed by atoms with van der Waals surface area (Å²) in [5, 5.41) is 8.69. The third kappa shape index (κ3) is 2.45. The molecule has 0 aromatic rings. The Balaban J connectivity index is 1.63. The highest BCUT2D eigenvalue weighted by atomic mass is 16.4. The number of aliphatic carboxylic acids is 1. The van der Waals surface area contributed by atoms with Crippen LogP contribution in [0.15, 0.2) is 0 Å². The fraction of sp³-hybridized carbons (Fsp3) is 0.875. The van der Waals surface area contributed by atoms with Crippen molar-refractivity contribution in [3.63, 3.8) is 0 Å². The van der Waals surface area contributed by atoms with Crippen LogP contribution in [0.5, 0.6) is 0 Å². The predicted molar refractivity (Wildman–Crippen MR) is 75.1 cm³/mol. The number of carboxylic acids is 1. The number of carbonyl (C=O) groups is 2. The van der Waals surface area contributed by atoms with Crippen LogP contribution < -0.4 is 0 Å². The highest BCUT2D eigenvalue weighted by Crippen LogP contribution is 2.60. The predicted octanol–water partition coefficient (Wildman–Crippen LogP) is 2.53. The fourth-order valence-corrected chi connectivity index (χ4v) is 5.35. The quantitative estimate of drug-likeness (QED) is 0.841. The van der Waals surface area contributed by atoms with E-state index in [1.165, 1.54) is 19.3 Å². The lowest BCUT2D eigenvalue weighted by molar-refractivity contribution is -0.156. The van der Waals surface area contributed by atoms with E-state index in [2.05, 4.69) is 0 Å². The number of amides is 1. The van der Waals surface area contributed by atoms with Crippen LogP contribution in [0.3, 0.4) is 0 Å². The van der Waals surface area contributed by atoms with E-state index in [1.54, 1.807) is 4.90 Å². The molecule has 20 heavy (non-hydrogen) atoms. The molecular formula is C16H25NO3. The van der Waals surface area contributed by atoms with Crippen LogP contribution in [-0.4, -0.2) is 35.5 Å². The lowest BCUT2D eigenvalue weighted by Gasteiger charge is -2.56. The number of carbonyl (C=O) groups excluding carboxylic acids is 1. The summed E-state index contributed by atoms with van der Waals surface area (Å²) in [5.41, 5.74) is -0.0906. The smallest absolute Gasteiger partial charge is 0.303 e. The summed E-state index contributed by atoms with van der Waals surface area (Å²) in [4.78, 5) is 25.2. The van der Waals surface area contributed by atoms with Gasteiger partial charge in [-0.05, 0) is 62.7 Å². The molecule has 4 fully saturated rings. The molecule has 0 saturated heterocycles. The van der Waals surface area contributed by atoms with Crippen molar-refractivity contribution in [3.05, 3.63) is 0 Å². The van der Waals surface area contributed by atoms with E-state index in [0.717, 1.165) is 37.0 Å². The standard InChI is InChI=1S/C16H25NO3/c1-17(4-2-3-14(18)19)15(20)16-8-11-5-12(9-16)7-13(6-11)10-16/h11-13H,2-10H2,1H3,(H,18,19). The lowest BCUT2D eigenvalue weighted by atomic mass is 9.49. The monoisotopic (exact) mass is 279 g/mol. The molecule has 0 unspecified atom stereocenters. The van der Waals surface area contributed by atoms with Crippen molar-refractivity contribution in [1.29, 1.82) is 0 Å². The van der Waals surface area contributed by atoms with E-state index in [9.17, 15) is 9.59 Å². The summed E-state index contributed by atoms with van der Waals surface area (Å²) in [6, 6.07) is 0. The molecule has 4 nitrogen and oxygen atoms in total. The van der Waals surface area contributed by atoms with Crippen LogP contribution in [0.2, 0.25) is 0 Å². The maximum atomic E-state index is 12.9. The molecule has 0 radical (unpaired) electrons. The molecule has 1 amide bonds. The summed E-state index contributed by atoms with van der Waals surface area (Å²) in [6.07, 6.45) is 7.99. The first-order chi connectivity index (χ1) is 9.48. The fourth-order valence-electron chi connectivity index (χ4n) is 5.35. The molecule has 0 atom stereocenters. The van der Waals surface area contributed by atoms with Gasteiger partial charge in [0.1, 0.15) is 0 Å².